The second-order valence-corrected chi connectivity index (χ2v) is 45.0. The SMILES string of the molecule is [2H]c1c([2H])c([2H])c2c(c1[2H])c1cc(CC(C)(C)C)ccc1n2-c1ccc2c(c1)N(c1c(-c3cccc(C(C)(C)C)c3)cc(C([2H])([2H])C(C)(C)C)cc1-c1cccc(C(C)(C)C)c1)c1cc(C(C)(C)C)cc3c1B2c1ccc(-n2c4ccc(CC(C)(C)C)cc4c4c([2H])c([2H])c([2H])c([2H])c42)cc1N3c1c(-c2cccc(C(C)(C)C)c2)cc(C([2H])([2H])C(C)(C)C)cc1-c1cccc(C(C)(C)C)c1. The maximum Gasteiger partial charge on any atom is 0.252 e. The summed E-state index contributed by atoms with van der Waals surface area (Å²) in [6, 6.07) is 72.2. The molecule has 15 aromatic rings. The summed E-state index contributed by atoms with van der Waals surface area (Å²) >= 11 is 0. The standard InChI is InChI=1S/C118H131BN4/c1-110(2,3)70-74-48-54-101-95(56-74)89-44-28-30-46-99(89)120(101)87-50-52-97-103(68-87)122(108-91(78-36-32-40-82(62-78)114(13,14)15)58-76(72-112(7,8)9)59-92(108)79-37-33-41-83(63-79)115(16,17)18)105-66-86(118(25,26)27)67-106-107(105)119(97)98-53-51-88(121-100-47-31-29-45-90(100)96-57-75(49-55-102(96)121)71-111(4,5)6)69-104(98)123(106)109-93(80-38-34-42-84(64-80)116(19,20)21)60-77(73-113(10,11)12)61-94(109)81-39-35-43-85(65-81)117(22,23)24/h28-69H,70-73H2,1-27H3/i28D,29D,30D,31D,44D,45D,46D,47D,72D2,73D2. The molecule has 0 aliphatic carbocycles. The minimum atomic E-state index is -1.95. The Hall–Kier alpha value is -10.9. The summed E-state index contributed by atoms with van der Waals surface area (Å²) in [5.74, 6) is 0. The summed E-state index contributed by atoms with van der Waals surface area (Å²) in [5, 5.41) is 2.22. The fourth-order valence-corrected chi connectivity index (χ4v) is 18.9. The molecule has 0 saturated carbocycles. The summed E-state index contributed by atoms with van der Waals surface area (Å²) in [6.45, 7) is 57.9. The summed E-state index contributed by atoms with van der Waals surface area (Å²) in [6.07, 6.45) is -2.48. The largest absolute Gasteiger partial charge is 0.310 e. The predicted molar refractivity (Wildman–Crippen MR) is 537 cm³/mol. The maximum atomic E-state index is 10.7. The van der Waals surface area contributed by atoms with E-state index in [4.69, 9.17) is 0 Å². The number of rotatable bonds is 12. The first-order valence-corrected chi connectivity index (χ1v) is 44.4. The van der Waals surface area contributed by atoms with Crippen molar-refractivity contribution in [3.63, 3.8) is 0 Å². The zero-order valence-corrected chi connectivity index (χ0v) is 77.9. The number of hydrogen-bond donors (Lipinski definition) is 0. The zero-order valence-electron chi connectivity index (χ0n) is 89.9. The Morgan fingerprint density at radius 2 is 0.593 bits per heavy atom. The lowest BCUT2D eigenvalue weighted by molar-refractivity contribution is 0.411. The van der Waals surface area contributed by atoms with Crippen molar-refractivity contribution in [2.45, 2.75) is 240 Å². The number of fused-ring (bicyclic) bond motifs is 10. The Morgan fingerprint density at radius 3 is 0.894 bits per heavy atom. The first-order valence-electron chi connectivity index (χ1n) is 50.4. The van der Waals surface area contributed by atoms with Gasteiger partial charge in [0.2, 0.25) is 0 Å². The van der Waals surface area contributed by atoms with Gasteiger partial charge >= 0.3 is 0 Å². The molecule has 0 radical (unpaired) electrons. The number of anilines is 6. The van der Waals surface area contributed by atoms with Gasteiger partial charge in [-0.2, -0.15) is 0 Å². The third-order valence-electron chi connectivity index (χ3n) is 24.7. The third kappa shape index (κ3) is 16.3. The van der Waals surface area contributed by atoms with E-state index < -0.39 is 35.7 Å². The number of para-hydroxylation sites is 2. The van der Waals surface area contributed by atoms with Gasteiger partial charge in [-0.15, -0.1) is 0 Å². The van der Waals surface area contributed by atoms with Crippen molar-refractivity contribution < 1.29 is 16.4 Å². The molecule has 2 aliphatic heterocycles. The van der Waals surface area contributed by atoms with E-state index in [0.717, 1.165) is 134 Å². The van der Waals surface area contributed by atoms with E-state index in [-0.39, 0.29) is 80.8 Å². The highest BCUT2D eigenvalue weighted by Gasteiger charge is 2.47. The minimum absolute atomic E-state index is 0.132. The molecule has 0 bridgehead atoms. The normalized spacial score (nSPS) is 15.4. The molecule has 626 valence electrons. The van der Waals surface area contributed by atoms with Gasteiger partial charge in [-0.3, -0.25) is 0 Å². The van der Waals surface area contributed by atoms with Crippen LogP contribution in [0.5, 0.6) is 0 Å². The second kappa shape index (κ2) is 30.0. The number of nitrogens with zero attached hydrogens (tertiary/aromatic N) is 4. The van der Waals surface area contributed by atoms with Crippen LogP contribution in [0.3, 0.4) is 0 Å². The quantitative estimate of drug-likeness (QED) is 0.113. The molecule has 4 heterocycles. The van der Waals surface area contributed by atoms with Gasteiger partial charge in [-0.1, -0.05) is 345 Å². The molecule has 2 aromatic heterocycles. The van der Waals surface area contributed by atoms with E-state index in [1.165, 1.54) is 0 Å². The van der Waals surface area contributed by atoms with Crippen molar-refractivity contribution in [3.8, 4) is 55.9 Å². The molecule has 17 rings (SSSR count). The van der Waals surface area contributed by atoms with Crippen molar-refractivity contribution in [3.05, 3.63) is 305 Å². The first-order chi connectivity index (χ1) is 62.5. The molecule has 13 aromatic carbocycles. The van der Waals surface area contributed by atoms with Gasteiger partial charge in [0.25, 0.3) is 6.71 Å². The topological polar surface area (TPSA) is 16.3 Å². The number of hydrogen-bond acceptors (Lipinski definition) is 2. The Kier molecular flexibility index (Phi) is 17.2. The molecule has 0 saturated heterocycles. The highest BCUT2D eigenvalue weighted by Crippen LogP contribution is 2.57. The van der Waals surface area contributed by atoms with Crippen LogP contribution < -0.4 is 26.2 Å². The molecule has 0 spiro atoms. The molecular weight excluding hydrogens is 1480 g/mol. The fraction of sp³-hybridized carbons (Fsp3) is 0.339. The van der Waals surface area contributed by atoms with E-state index in [1.54, 1.807) is 0 Å². The van der Waals surface area contributed by atoms with Gasteiger partial charge < -0.3 is 18.9 Å². The fourth-order valence-electron chi connectivity index (χ4n) is 18.9. The van der Waals surface area contributed by atoms with E-state index in [9.17, 15) is 16.4 Å². The smallest absolute Gasteiger partial charge is 0.252 e. The lowest BCUT2D eigenvalue weighted by Gasteiger charge is -2.46. The molecule has 5 heteroatoms. The highest BCUT2D eigenvalue weighted by atomic mass is 15.2. The molecule has 0 atom stereocenters. The van der Waals surface area contributed by atoms with Crippen LogP contribution in [0, 0.1) is 21.7 Å². The molecule has 2 aliphatic rings. The average Bonchev–Trinajstić information content (AvgIpc) is 0.759. The van der Waals surface area contributed by atoms with Crippen molar-refractivity contribution >= 4 is 101 Å². The van der Waals surface area contributed by atoms with Crippen LogP contribution in [-0.4, -0.2) is 15.8 Å². The van der Waals surface area contributed by atoms with Gasteiger partial charge in [0.1, 0.15) is 0 Å². The van der Waals surface area contributed by atoms with E-state index >= 15 is 0 Å². The van der Waals surface area contributed by atoms with Crippen LogP contribution in [0.4, 0.5) is 34.1 Å². The molecule has 0 amide bonds. The number of aromatic nitrogens is 2. The van der Waals surface area contributed by atoms with E-state index in [0.29, 0.717) is 79.0 Å². The van der Waals surface area contributed by atoms with Crippen molar-refractivity contribution in [1.82, 2.24) is 9.13 Å². The van der Waals surface area contributed by atoms with Gasteiger partial charge in [0.15, 0.2) is 0 Å². The number of benzene rings is 13. The van der Waals surface area contributed by atoms with Gasteiger partial charge in [-0.05, 0) is 260 Å². The summed E-state index contributed by atoms with van der Waals surface area (Å²) in [4.78, 5) is 4.95. The lowest BCUT2D eigenvalue weighted by Crippen LogP contribution is -2.61. The van der Waals surface area contributed by atoms with Crippen LogP contribution in [-0.2, 0) is 52.7 Å². The monoisotopic (exact) mass is 1630 g/mol. The maximum absolute atomic E-state index is 10.7. The molecular formula is C118H131BN4. The Labute approximate surface area is 753 Å². The van der Waals surface area contributed by atoms with Crippen molar-refractivity contribution in [1.29, 1.82) is 0 Å². The van der Waals surface area contributed by atoms with Crippen molar-refractivity contribution in [2.24, 2.45) is 21.7 Å². The molecule has 0 N–H and O–H groups in total. The lowest BCUT2D eigenvalue weighted by atomic mass is 9.33. The average molecular weight is 1630 g/mol. The minimum Gasteiger partial charge on any atom is -0.310 e. The Bertz CT molecular complexity index is 6840. The Balaban J connectivity index is 1.14. The van der Waals surface area contributed by atoms with Gasteiger partial charge in [0, 0.05) is 83.4 Å². The Morgan fingerprint density at radius 1 is 0.276 bits per heavy atom. The van der Waals surface area contributed by atoms with Crippen LogP contribution >= 0.6 is 0 Å². The van der Waals surface area contributed by atoms with Crippen molar-refractivity contribution in [2.75, 3.05) is 9.80 Å². The first kappa shape index (κ1) is 70.5. The second-order valence-electron chi connectivity index (χ2n) is 45.0. The van der Waals surface area contributed by atoms with E-state index in [1.807, 2.05) is 50.7 Å². The van der Waals surface area contributed by atoms with Crippen LogP contribution in [0.25, 0.3) is 99.5 Å². The van der Waals surface area contributed by atoms with Gasteiger partial charge in [0.05, 0.1) is 44.4 Å². The summed E-state index contributed by atoms with van der Waals surface area (Å²) in [5.41, 5.74) is 21.3. The summed E-state index contributed by atoms with van der Waals surface area (Å²) in [7, 11) is 0. The van der Waals surface area contributed by atoms with Crippen LogP contribution in [0.15, 0.2) is 255 Å². The van der Waals surface area contributed by atoms with E-state index in [2.05, 4.69) is 361 Å². The predicted octanol–water partition coefficient (Wildman–Crippen LogP) is 31.5. The molecule has 123 heavy (non-hydrogen) atoms. The molecule has 4 nitrogen and oxygen atoms in total. The molecule has 0 unspecified atom stereocenters. The van der Waals surface area contributed by atoms with Gasteiger partial charge in [-0.25, -0.2) is 0 Å². The summed E-state index contributed by atoms with van der Waals surface area (Å²) < 4.78 is 125. The van der Waals surface area contributed by atoms with Crippen LogP contribution in [0.1, 0.15) is 253 Å². The third-order valence-corrected chi connectivity index (χ3v) is 24.7. The zero-order chi connectivity index (χ0) is 98.2. The molecule has 0 fully saturated rings. The van der Waals surface area contributed by atoms with Crippen LogP contribution in [0.2, 0.25) is 0 Å². The highest BCUT2D eigenvalue weighted by molar-refractivity contribution is 7.00.